The Bertz CT molecular complexity index is 1360. The first-order valence-corrected chi connectivity index (χ1v) is 10.3. The van der Waals surface area contributed by atoms with E-state index in [2.05, 4.69) is 51.6 Å². The molecule has 2 aromatic carbocycles. The number of nitrogens with one attached hydrogen (secondary N) is 1. The molecule has 0 spiro atoms. The van der Waals surface area contributed by atoms with E-state index < -0.39 is 5.41 Å². The minimum atomic E-state index is -0.521. The monoisotopic (exact) mass is 404 g/mol. The maximum absolute atomic E-state index is 9.27. The number of pyridine rings is 1. The fourth-order valence-corrected chi connectivity index (χ4v) is 3.55. The number of hydrogen-bond acceptors (Lipinski definition) is 3. The molecule has 0 atom stereocenters. The van der Waals surface area contributed by atoms with Crippen molar-refractivity contribution in [1.82, 2.24) is 15.2 Å². The predicted octanol–water partition coefficient (Wildman–Crippen LogP) is 6.84. The lowest BCUT2D eigenvalue weighted by Gasteiger charge is -2.07. The maximum Gasteiger partial charge on any atom is 0.101 e. The summed E-state index contributed by atoms with van der Waals surface area (Å²) in [6.45, 7) is 5.76. The minimum absolute atomic E-state index is 0.521. The molecule has 1 N–H and O–H groups in total. The van der Waals surface area contributed by atoms with Crippen molar-refractivity contribution in [3.8, 4) is 17.2 Å². The number of allylic oxidation sites excluding steroid dienone is 6. The highest BCUT2D eigenvalue weighted by Gasteiger charge is 2.14. The number of nitriles is 1. The van der Waals surface area contributed by atoms with E-state index in [1.165, 1.54) is 0 Å². The van der Waals surface area contributed by atoms with Gasteiger partial charge in [0.1, 0.15) is 5.69 Å². The Hall–Kier alpha value is -3.97. The molecule has 0 radical (unpaired) electrons. The van der Waals surface area contributed by atoms with Gasteiger partial charge in [0.25, 0.3) is 0 Å². The first-order valence-electron chi connectivity index (χ1n) is 10.3. The van der Waals surface area contributed by atoms with Gasteiger partial charge in [0.15, 0.2) is 0 Å². The Kier molecular flexibility index (Phi) is 5.51. The molecular weight excluding hydrogens is 380 g/mol. The normalized spacial score (nSPS) is 12.9. The van der Waals surface area contributed by atoms with Crippen LogP contribution in [-0.4, -0.2) is 15.2 Å². The molecule has 0 bridgehead atoms. The van der Waals surface area contributed by atoms with Crippen molar-refractivity contribution in [3.63, 3.8) is 0 Å². The van der Waals surface area contributed by atoms with Crippen LogP contribution in [0.5, 0.6) is 0 Å². The number of aromatic amines is 1. The van der Waals surface area contributed by atoms with Crippen LogP contribution in [0.4, 0.5) is 0 Å². The fourth-order valence-electron chi connectivity index (χ4n) is 3.55. The summed E-state index contributed by atoms with van der Waals surface area (Å²) in [5.41, 5.74) is 5.44. The minimum Gasteiger partial charge on any atom is -0.276 e. The smallest absolute Gasteiger partial charge is 0.101 e. The number of aromatic nitrogens is 3. The molecule has 0 aliphatic heterocycles. The van der Waals surface area contributed by atoms with Crippen molar-refractivity contribution < 1.29 is 0 Å². The van der Waals surface area contributed by atoms with Crippen molar-refractivity contribution in [1.29, 1.82) is 5.26 Å². The van der Waals surface area contributed by atoms with Gasteiger partial charge in [0.05, 0.1) is 28.7 Å². The highest BCUT2D eigenvalue weighted by molar-refractivity contribution is 6.10. The molecule has 0 amide bonds. The third-order valence-electron chi connectivity index (χ3n) is 5.20. The summed E-state index contributed by atoms with van der Waals surface area (Å²) < 4.78 is 0. The Morgan fingerprint density at radius 2 is 1.90 bits per heavy atom. The summed E-state index contributed by atoms with van der Waals surface area (Å²) in [6.07, 6.45) is 11.7. The zero-order chi connectivity index (χ0) is 21.8. The average molecular weight is 405 g/mol. The summed E-state index contributed by atoms with van der Waals surface area (Å²) in [5, 5.41) is 19.1. The van der Waals surface area contributed by atoms with E-state index in [0.717, 1.165) is 44.2 Å². The van der Waals surface area contributed by atoms with Crippen LogP contribution in [-0.2, 0) is 0 Å². The Balaban J connectivity index is 1.91. The lowest BCUT2D eigenvalue weighted by atomic mass is 9.95. The van der Waals surface area contributed by atoms with E-state index in [0.29, 0.717) is 0 Å². The van der Waals surface area contributed by atoms with Crippen LogP contribution in [0.15, 0.2) is 85.1 Å². The quantitative estimate of drug-likeness (QED) is 0.370. The molecule has 0 fully saturated rings. The molecule has 4 nitrogen and oxygen atoms in total. The number of nitrogens with zero attached hydrogens (tertiary/aromatic N) is 3. The van der Waals surface area contributed by atoms with Gasteiger partial charge in [-0.05, 0) is 44.0 Å². The average Bonchev–Trinajstić information content (AvgIpc) is 3.23. The number of H-pyrrole nitrogens is 1. The van der Waals surface area contributed by atoms with Gasteiger partial charge in [-0.15, -0.1) is 0 Å². The van der Waals surface area contributed by atoms with Crippen LogP contribution < -0.4 is 0 Å². The molecule has 0 unspecified atom stereocenters. The molecule has 0 saturated heterocycles. The summed E-state index contributed by atoms with van der Waals surface area (Å²) in [4.78, 5) is 4.61. The van der Waals surface area contributed by atoms with Crippen molar-refractivity contribution in [2.45, 2.75) is 20.8 Å². The van der Waals surface area contributed by atoms with Crippen LogP contribution in [0.3, 0.4) is 0 Å². The van der Waals surface area contributed by atoms with Crippen molar-refractivity contribution in [3.05, 3.63) is 90.8 Å². The molecule has 0 aliphatic rings. The third-order valence-corrected chi connectivity index (χ3v) is 5.20. The second-order valence-electron chi connectivity index (χ2n) is 8.03. The van der Waals surface area contributed by atoms with E-state index in [1.807, 2.05) is 75.5 Å². The molecule has 152 valence electrons. The largest absolute Gasteiger partial charge is 0.276 e. The Morgan fingerprint density at radius 1 is 1.10 bits per heavy atom. The summed E-state index contributed by atoms with van der Waals surface area (Å²) >= 11 is 0. The molecule has 31 heavy (non-hydrogen) atoms. The summed E-state index contributed by atoms with van der Waals surface area (Å²) in [6, 6.07) is 19.0. The SMILES string of the molecule is C\C=C/C(=C\C=C\C(C)(C)C#N)c1n[nH]c2cnc3ccc(-c4ccccc4)cc3c12. The third kappa shape index (κ3) is 4.17. The maximum atomic E-state index is 9.27. The second kappa shape index (κ2) is 8.41. The highest BCUT2D eigenvalue weighted by Crippen LogP contribution is 2.32. The van der Waals surface area contributed by atoms with E-state index >= 15 is 0 Å². The second-order valence-corrected chi connectivity index (χ2v) is 8.03. The van der Waals surface area contributed by atoms with E-state index in [1.54, 1.807) is 0 Å². The summed E-state index contributed by atoms with van der Waals surface area (Å²) in [7, 11) is 0. The lowest BCUT2D eigenvalue weighted by Crippen LogP contribution is -2.01. The number of hydrogen-bond donors (Lipinski definition) is 1. The first kappa shape index (κ1) is 20.3. The predicted molar refractivity (Wildman–Crippen MR) is 128 cm³/mol. The van der Waals surface area contributed by atoms with Crippen LogP contribution in [0.1, 0.15) is 26.5 Å². The van der Waals surface area contributed by atoms with Gasteiger partial charge in [-0.1, -0.05) is 66.8 Å². The van der Waals surface area contributed by atoms with E-state index in [9.17, 15) is 5.26 Å². The molecule has 2 heterocycles. The zero-order valence-corrected chi connectivity index (χ0v) is 17.9. The van der Waals surface area contributed by atoms with Gasteiger partial charge in [-0.3, -0.25) is 10.1 Å². The number of rotatable bonds is 5. The van der Waals surface area contributed by atoms with Crippen molar-refractivity contribution >= 4 is 27.4 Å². The Labute approximate surface area is 182 Å². The van der Waals surface area contributed by atoms with Crippen molar-refractivity contribution in [2.24, 2.45) is 5.41 Å². The molecule has 0 saturated carbocycles. The summed E-state index contributed by atoms with van der Waals surface area (Å²) in [5.74, 6) is 0. The highest BCUT2D eigenvalue weighted by atomic mass is 15.1. The molecule has 4 heteroatoms. The van der Waals surface area contributed by atoms with Crippen LogP contribution in [0.25, 0.3) is 38.5 Å². The molecular formula is C27H24N4. The lowest BCUT2D eigenvalue weighted by molar-refractivity contribution is 0.644. The first-order chi connectivity index (χ1) is 15.0. The van der Waals surface area contributed by atoms with Gasteiger partial charge in [-0.25, -0.2) is 0 Å². The van der Waals surface area contributed by atoms with Crippen LogP contribution in [0.2, 0.25) is 0 Å². The zero-order valence-electron chi connectivity index (χ0n) is 17.9. The molecule has 2 aromatic heterocycles. The van der Waals surface area contributed by atoms with Gasteiger partial charge in [0, 0.05) is 16.3 Å². The van der Waals surface area contributed by atoms with Crippen LogP contribution in [0, 0.1) is 16.7 Å². The standard InChI is InChI=1S/C27H24N4/c1-4-9-20(12-8-15-27(2,3)18-28)26-25-22-16-21(19-10-6-5-7-11-19)13-14-23(22)29-17-24(25)30-31-26/h4-17H,1-3H3,(H,30,31)/b9-4-,15-8+,20-12+. The topological polar surface area (TPSA) is 65.4 Å². The Morgan fingerprint density at radius 3 is 2.65 bits per heavy atom. The van der Waals surface area contributed by atoms with E-state index in [-0.39, 0.29) is 0 Å². The van der Waals surface area contributed by atoms with Gasteiger partial charge < -0.3 is 0 Å². The molecule has 0 aliphatic carbocycles. The van der Waals surface area contributed by atoms with Gasteiger partial charge >= 0.3 is 0 Å². The van der Waals surface area contributed by atoms with Gasteiger partial charge in [0.2, 0.25) is 0 Å². The molecule has 4 aromatic rings. The fraction of sp³-hybridized carbons (Fsp3) is 0.148. The van der Waals surface area contributed by atoms with Gasteiger partial charge in [-0.2, -0.15) is 10.4 Å². The van der Waals surface area contributed by atoms with Crippen molar-refractivity contribution in [2.75, 3.05) is 0 Å². The van der Waals surface area contributed by atoms with E-state index in [4.69, 9.17) is 0 Å². The molecule has 4 rings (SSSR count). The number of fused-ring (bicyclic) bond motifs is 3. The number of benzene rings is 2. The van der Waals surface area contributed by atoms with Crippen LogP contribution >= 0.6 is 0 Å².